The van der Waals surface area contributed by atoms with E-state index >= 15 is 0 Å². The average Bonchev–Trinajstić information content (AvgIpc) is 3.18. The van der Waals surface area contributed by atoms with E-state index in [-0.39, 0.29) is 5.91 Å². The summed E-state index contributed by atoms with van der Waals surface area (Å²) >= 11 is 1.71. The van der Waals surface area contributed by atoms with Crippen LogP contribution in [0.25, 0.3) is 5.69 Å². The Morgan fingerprint density at radius 3 is 2.77 bits per heavy atom. The number of para-hydroxylation sites is 1. The topological polar surface area (TPSA) is 46.9 Å². The standard InChI is InChI=1S/C17H17N3OS/c1-13-16(12-19-20(13)14-6-3-2-4-7-14)17(21)18-10-9-15-8-5-11-22-15/h2-8,11-12H,9-10H2,1H3,(H,18,21). The van der Waals surface area contributed by atoms with Crippen LogP contribution < -0.4 is 5.32 Å². The largest absolute Gasteiger partial charge is 0.352 e. The number of hydrogen-bond donors (Lipinski definition) is 1. The van der Waals surface area contributed by atoms with Gasteiger partial charge < -0.3 is 5.32 Å². The number of thiophene rings is 1. The molecule has 0 radical (unpaired) electrons. The molecule has 5 heteroatoms. The molecule has 0 atom stereocenters. The lowest BCUT2D eigenvalue weighted by atomic mass is 10.2. The highest BCUT2D eigenvalue weighted by atomic mass is 32.1. The van der Waals surface area contributed by atoms with Crippen molar-refractivity contribution in [3.63, 3.8) is 0 Å². The van der Waals surface area contributed by atoms with Gasteiger partial charge in [-0.1, -0.05) is 24.3 Å². The Labute approximate surface area is 133 Å². The zero-order valence-electron chi connectivity index (χ0n) is 12.3. The fourth-order valence-corrected chi connectivity index (χ4v) is 3.02. The molecule has 1 amide bonds. The van der Waals surface area contributed by atoms with Gasteiger partial charge in [0.2, 0.25) is 0 Å². The maximum Gasteiger partial charge on any atom is 0.254 e. The van der Waals surface area contributed by atoms with Crippen LogP contribution in [0.3, 0.4) is 0 Å². The van der Waals surface area contributed by atoms with Gasteiger partial charge in [-0.05, 0) is 36.9 Å². The molecule has 1 aromatic carbocycles. The van der Waals surface area contributed by atoms with E-state index in [1.807, 2.05) is 48.7 Å². The van der Waals surface area contributed by atoms with E-state index in [0.29, 0.717) is 12.1 Å². The quantitative estimate of drug-likeness (QED) is 0.786. The number of rotatable bonds is 5. The predicted molar refractivity (Wildman–Crippen MR) is 88.7 cm³/mol. The van der Waals surface area contributed by atoms with E-state index in [9.17, 15) is 4.79 Å². The molecule has 2 aromatic heterocycles. The van der Waals surface area contributed by atoms with Gasteiger partial charge in [0.25, 0.3) is 5.91 Å². The SMILES string of the molecule is Cc1c(C(=O)NCCc2cccs2)cnn1-c1ccccc1. The van der Waals surface area contributed by atoms with Crippen molar-refractivity contribution < 1.29 is 4.79 Å². The van der Waals surface area contributed by atoms with Crippen LogP contribution in [0.2, 0.25) is 0 Å². The van der Waals surface area contributed by atoms with Crippen molar-refractivity contribution in [1.82, 2.24) is 15.1 Å². The highest BCUT2D eigenvalue weighted by Gasteiger charge is 2.14. The molecule has 0 saturated carbocycles. The normalized spacial score (nSPS) is 10.6. The average molecular weight is 311 g/mol. The van der Waals surface area contributed by atoms with Gasteiger partial charge in [0, 0.05) is 11.4 Å². The number of nitrogens with one attached hydrogen (secondary N) is 1. The van der Waals surface area contributed by atoms with Crippen molar-refractivity contribution >= 4 is 17.2 Å². The third-order valence-electron chi connectivity index (χ3n) is 3.49. The van der Waals surface area contributed by atoms with Crippen LogP contribution in [0.15, 0.2) is 54.0 Å². The van der Waals surface area contributed by atoms with Gasteiger partial charge in [-0.2, -0.15) is 5.10 Å². The van der Waals surface area contributed by atoms with Crippen LogP contribution in [-0.4, -0.2) is 22.2 Å². The first-order chi connectivity index (χ1) is 10.8. The first-order valence-electron chi connectivity index (χ1n) is 7.16. The minimum atomic E-state index is -0.0729. The van der Waals surface area contributed by atoms with Gasteiger partial charge in [-0.25, -0.2) is 4.68 Å². The summed E-state index contributed by atoms with van der Waals surface area (Å²) in [4.78, 5) is 13.6. The van der Waals surface area contributed by atoms with E-state index < -0.39 is 0 Å². The van der Waals surface area contributed by atoms with Crippen molar-refractivity contribution in [3.8, 4) is 5.69 Å². The number of aromatic nitrogens is 2. The Hall–Kier alpha value is -2.40. The molecule has 0 saturated heterocycles. The van der Waals surface area contributed by atoms with Crippen molar-refractivity contribution in [2.45, 2.75) is 13.3 Å². The Balaban J connectivity index is 1.67. The number of carbonyl (C=O) groups excluding carboxylic acids is 1. The van der Waals surface area contributed by atoms with Crippen LogP contribution >= 0.6 is 11.3 Å². The van der Waals surface area contributed by atoms with E-state index in [2.05, 4.69) is 16.5 Å². The molecule has 0 aliphatic heterocycles. The highest BCUT2D eigenvalue weighted by Crippen LogP contribution is 2.14. The van der Waals surface area contributed by atoms with E-state index in [4.69, 9.17) is 0 Å². The lowest BCUT2D eigenvalue weighted by Crippen LogP contribution is -2.25. The highest BCUT2D eigenvalue weighted by molar-refractivity contribution is 7.09. The van der Waals surface area contributed by atoms with E-state index in [1.165, 1.54) is 4.88 Å². The van der Waals surface area contributed by atoms with Crippen LogP contribution in [0.4, 0.5) is 0 Å². The number of benzene rings is 1. The summed E-state index contributed by atoms with van der Waals surface area (Å²) < 4.78 is 1.79. The minimum absolute atomic E-state index is 0.0729. The molecular formula is C17H17N3OS. The second kappa shape index (κ2) is 6.58. The summed E-state index contributed by atoms with van der Waals surface area (Å²) in [6.07, 6.45) is 2.48. The maximum atomic E-state index is 12.3. The van der Waals surface area contributed by atoms with Gasteiger partial charge in [0.1, 0.15) is 0 Å². The summed E-state index contributed by atoms with van der Waals surface area (Å²) in [6, 6.07) is 13.9. The van der Waals surface area contributed by atoms with E-state index in [0.717, 1.165) is 17.8 Å². The molecule has 0 aliphatic carbocycles. The van der Waals surface area contributed by atoms with Crippen molar-refractivity contribution in [2.75, 3.05) is 6.54 Å². The fraction of sp³-hybridized carbons (Fsp3) is 0.176. The Morgan fingerprint density at radius 2 is 2.05 bits per heavy atom. The van der Waals surface area contributed by atoms with Crippen molar-refractivity contribution in [1.29, 1.82) is 0 Å². The molecule has 0 aliphatic rings. The maximum absolute atomic E-state index is 12.3. The molecule has 0 fully saturated rings. The molecule has 3 rings (SSSR count). The monoisotopic (exact) mass is 311 g/mol. The molecule has 112 valence electrons. The third-order valence-corrected chi connectivity index (χ3v) is 4.43. The number of carbonyl (C=O) groups is 1. The summed E-state index contributed by atoms with van der Waals surface area (Å²) in [5, 5.41) is 9.33. The van der Waals surface area contributed by atoms with Crippen LogP contribution in [-0.2, 0) is 6.42 Å². The molecule has 0 unspecified atom stereocenters. The van der Waals surface area contributed by atoms with Gasteiger partial charge >= 0.3 is 0 Å². The van der Waals surface area contributed by atoms with Crippen LogP contribution in [0, 0.1) is 6.92 Å². The molecular weight excluding hydrogens is 294 g/mol. The zero-order chi connectivity index (χ0) is 15.4. The Morgan fingerprint density at radius 1 is 1.23 bits per heavy atom. The van der Waals surface area contributed by atoms with Crippen LogP contribution in [0.5, 0.6) is 0 Å². The summed E-state index contributed by atoms with van der Waals surface area (Å²) in [7, 11) is 0. The molecule has 0 bridgehead atoms. The third kappa shape index (κ3) is 3.09. The minimum Gasteiger partial charge on any atom is -0.352 e. The van der Waals surface area contributed by atoms with E-state index in [1.54, 1.807) is 22.2 Å². The van der Waals surface area contributed by atoms with Crippen molar-refractivity contribution in [3.05, 3.63) is 70.2 Å². The molecule has 22 heavy (non-hydrogen) atoms. The fourth-order valence-electron chi connectivity index (χ4n) is 2.31. The number of nitrogens with zero attached hydrogens (tertiary/aromatic N) is 2. The molecule has 3 aromatic rings. The number of hydrogen-bond acceptors (Lipinski definition) is 3. The van der Waals surface area contributed by atoms with Gasteiger partial charge in [0.05, 0.1) is 23.1 Å². The van der Waals surface area contributed by atoms with Crippen molar-refractivity contribution in [2.24, 2.45) is 0 Å². The summed E-state index contributed by atoms with van der Waals surface area (Å²) in [6.45, 7) is 2.55. The summed E-state index contributed by atoms with van der Waals surface area (Å²) in [5.41, 5.74) is 2.42. The Bertz CT molecular complexity index is 748. The van der Waals surface area contributed by atoms with Gasteiger partial charge in [-0.3, -0.25) is 4.79 Å². The zero-order valence-corrected chi connectivity index (χ0v) is 13.1. The smallest absolute Gasteiger partial charge is 0.254 e. The lowest BCUT2D eigenvalue weighted by Gasteiger charge is -2.06. The molecule has 2 heterocycles. The molecule has 1 N–H and O–H groups in total. The van der Waals surface area contributed by atoms with Crippen LogP contribution in [0.1, 0.15) is 20.9 Å². The second-order valence-electron chi connectivity index (χ2n) is 4.98. The Kier molecular flexibility index (Phi) is 4.34. The predicted octanol–water partition coefficient (Wildman–Crippen LogP) is 3.21. The molecule has 0 spiro atoms. The second-order valence-corrected chi connectivity index (χ2v) is 6.01. The summed E-state index contributed by atoms with van der Waals surface area (Å²) in [5.74, 6) is -0.0729. The van der Waals surface area contributed by atoms with Gasteiger partial charge in [0.15, 0.2) is 0 Å². The van der Waals surface area contributed by atoms with Gasteiger partial charge in [-0.15, -0.1) is 11.3 Å². The first-order valence-corrected chi connectivity index (χ1v) is 8.04. The first kappa shape index (κ1) is 14.5. The number of amides is 1. The molecule has 4 nitrogen and oxygen atoms in total. The lowest BCUT2D eigenvalue weighted by molar-refractivity contribution is 0.0953.